The first kappa shape index (κ1) is 12.6. The Hall–Kier alpha value is -1.10. The predicted octanol–water partition coefficient (Wildman–Crippen LogP) is 1.92. The molecule has 20 heavy (non-hydrogen) atoms. The molecule has 0 aromatic heterocycles. The molecule has 4 rings (SSSR count). The highest BCUT2D eigenvalue weighted by Gasteiger charge is 2.53. The Morgan fingerprint density at radius 2 is 2.15 bits per heavy atom. The SMILES string of the molecule is [O-]N1CC[C@]23C[C@H](O)CC[C@H]2[C@H]1Cc1ccc(O)cc13. The van der Waals surface area contributed by atoms with Crippen molar-refractivity contribution in [1.82, 2.24) is 5.06 Å². The van der Waals surface area contributed by atoms with E-state index in [1.807, 2.05) is 12.1 Å². The fourth-order valence-electron chi connectivity index (χ4n) is 4.97. The van der Waals surface area contributed by atoms with Crippen LogP contribution in [0.1, 0.15) is 36.8 Å². The number of fused-ring (bicyclic) bond motifs is 1. The lowest BCUT2D eigenvalue weighted by molar-refractivity contribution is -0.0324. The first-order valence-corrected chi connectivity index (χ1v) is 7.54. The van der Waals surface area contributed by atoms with Gasteiger partial charge in [-0.05, 0) is 67.8 Å². The van der Waals surface area contributed by atoms with Gasteiger partial charge in [0.1, 0.15) is 5.75 Å². The van der Waals surface area contributed by atoms with E-state index < -0.39 is 0 Å². The molecule has 0 unspecified atom stereocenters. The van der Waals surface area contributed by atoms with Gasteiger partial charge in [0.05, 0.1) is 6.10 Å². The molecule has 1 aromatic rings. The van der Waals surface area contributed by atoms with Gasteiger partial charge in [0, 0.05) is 11.5 Å². The molecule has 1 aliphatic heterocycles. The van der Waals surface area contributed by atoms with Crippen molar-refractivity contribution in [1.29, 1.82) is 0 Å². The number of phenolic OH excluding ortho intramolecular Hbond substituents is 1. The number of nitrogens with zero attached hydrogens (tertiary/aromatic N) is 1. The summed E-state index contributed by atoms with van der Waals surface area (Å²) in [5, 5.41) is 33.5. The molecule has 0 amide bonds. The highest BCUT2D eigenvalue weighted by molar-refractivity contribution is 5.45. The zero-order valence-electron chi connectivity index (χ0n) is 11.5. The third-order valence-corrected chi connectivity index (χ3v) is 5.79. The van der Waals surface area contributed by atoms with E-state index in [0.29, 0.717) is 18.2 Å². The number of hydrogen-bond donors (Lipinski definition) is 2. The summed E-state index contributed by atoms with van der Waals surface area (Å²) in [6, 6.07) is 5.58. The highest BCUT2D eigenvalue weighted by atomic mass is 16.5. The minimum Gasteiger partial charge on any atom is -0.785 e. The first-order chi connectivity index (χ1) is 9.60. The largest absolute Gasteiger partial charge is 0.785 e. The molecule has 2 bridgehead atoms. The number of phenols is 1. The number of aliphatic hydroxyl groups is 1. The lowest BCUT2D eigenvalue weighted by Gasteiger charge is -2.61. The van der Waals surface area contributed by atoms with Gasteiger partial charge in [0.25, 0.3) is 0 Å². The van der Waals surface area contributed by atoms with E-state index in [-0.39, 0.29) is 17.6 Å². The van der Waals surface area contributed by atoms with Crippen LogP contribution in [0.2, 0.25) is 0 Å². The van der Waals surface area contributed by atoms with Crippen molar-refractivity contribution >= 4 is 0 Å². The Bertz CT molecular complexity index is 547. The number of aromatic hydroxyl groups is 1. The number of hydroxylamine groups is 2. The van der Waals surface area contributed by atoms with E-state index in [1.54, 1.807) is 6.07 Å². The van der Waals surface area contributed by atoms with Crippen molar-refractivity contribution in [3.05, 3.63) is 34.5 Å². The summed E-state index contributed by atoms with van der Waals surface area (Å²) in [5.74, 6) is 0.617. The normalized spacial score (nSPS) is 40.0. The van der Waals surface area contributed by atoms with Crippen LogP contribution in [0.4, 0.5) is 0 Å². The van der Waals surface area contributed by atoms with E-state index in [4.69, 9.17) is 0 Å². The van der Waals surface area contributed by atoms with Crippen molar-refractivity contribution in [2.45, 2.75) is 49.7 Å². The number of aliphatic hydroxyl groups excluding tert-OH is 1. The van der Waals surface area contributed by atoms with Crippen molar-refractivity contribution < 1.29 is 10.2 Å². The second kappa shape index (κ2) is 4.20. The molecular weight excluding hydrogens is 254 g/mol. The molecule has 2 aliphatic carbocycles. The standard InChI is InChI=1S/C16H20NO3/c18-11-2-1-10-7-15-13-4-3-12(19)9-16(13,14(10)8-11)5-6-17(15)20/h1-2,8,12-13,15,18-19H,3-7,9H2/q-1/t12-,13+,15-,16+/m1/s1. The summed E-state index contributed by atoms with van der Waals surface area (Å²) in [7, 11) is 0. The lowest BCUT2D eigenvalue weighted by atomic mass is 9.52. The fraction of sp³-hybridized carbons (Fsp3) is 0.625. The summed E-state index contributed by atoms with van der Waals surface area (Å²) < 4.78 is 0. The first-order valence-electron chi connectivity index (χ1n) is 7.54. The highest BCUT2D eigenvalue weighted by Crippen LogP contribution is 2.55. The molecule has 4 heteroatoms. The minimum absolute atomic E-state index is 0.0493. The van der Waals surface area contributed by atoms with E-state index in [1.165, 1.54) is 16.2 Å². The second-order valence-corrected chi connectivity index (χ2v) is 6.70. The Morgan fingerprint density at radius 1 is 1.30 bits per heavy atom. The van der Waals surface area contributed by atoms with Crippen molar-refractivity contribution in [2.75, 3.05) is 6.54 Å². The summed E-state index contributed by atoms with van der Waals surface area (Å²) in [6.45, 7) is 0.545. The van der Waals surface area contributed by atoms with E-state index >= 15 is 0 Å². The monoisotopic (exact) mass is 274 g/mol. The zero-order chi connectivity index (χ0) is 13.9. The van der Waals surface area contributed by atoms with Gasteiger partial charge >= 0.3 is 0 Å². The van der Waals surface area contributed by atoms with Crippen molar-refractivity contribution in [3.63, 3.8) is 0 Å². The number of piperidine rings is 1. The van der Waals surface area contributed by atoms with Crippen LogP contribution in [0.25, 0.3) is 0 Å². The van der Waals surface area contributed by atoms with Crippen LogP contribution in [-0.2, 0) is 11.8 Å². The molecular formula is C16H20NO3-. The summed E-state index contributed by atoms with van der Waals surface area (Å²) in [4.78, 5) is 0. The Morgan fingerprint density at radius 3 is 3.00 bits per heavy atom. The molecule has 4 nitrogen and oxygen atoms in total. The Balaban J connectivity index is 1.90. The molecule has 2 N–H and O–H groups in total. The van der Waals surface area contributed by atoms with Gasteiger partial charge in [0.15, 0.2) is 0 Å². The van der Waals surface area contributed by atoms with Crippen LogP contribution >= 0.6 is 0 Å². The topological polar surface area (TPSA) is 66.8 Å². The maximum Gasteiger partial charge on any atom is 0.115 e. The van der Waals surface area contributed by atoms with Gasteiger partial charge in [-0.2, -0.15) is 0 Å². The van der Waals surface area contributed by atoms with Gasteiger partial charge in [-0.25, -0.2) is 0 Å². The van der Waals surface area contributed by atoms with Crippen molar-refractivity contribution in [2.24, 2.45) is 5.92 Å². The lowest BCUT2D eigenvalue weighted by Crippen LogP contribution is -2.60. The average Bonchev–Trinajstić information content (AvgIpc) is 2.43. The minimum atomic E-state index is -0.279. The van der Waals surface area contributed by atoms with Crippen LogP contribution in [0.15, 0.2) is 18.2 Å². The summed E-state index contributed by atoms with van der Waals surface area (Å²) in [6.07, 6.45) is 3.74. The average molecular weight is 274 g/mol. The summed E-state index contributed by atoms with van der Waals surface area (Å²) >= 11 is 0. The van der Waals surface area contributed by atoms with Gasteiger partial charge in [-0.1, -0.05) is 6.07 Å². The third-order valence-electron chi connectivity index (χ3n) is 5.79. The molecule has 108 valence electrons. The number of rotatable bonds is 0. The van der Waals surface area contributed by atoms with Crippen LogP contribution in [0.5, 0.6) is 5.75 Å². The molecule has 1 saturated heterocycles. The van der Waals surface area contributed by atoms with Crippen LogP contribution in [0.3, 0.4) is 0 Å². The van der Waals surface area contributed by atoms with Gasteiger partial charge in [0.2, 0.25) is 0 Å². The van der Waals surface area contributed by atoms with Crippen molar-refractivity contribution in [3.8, 4) is 5.75 Å². The quantitative estimate of drug-likeness (QED) is 0.758. The van der Waals surface area contributed by atoms with E-state index in [0.717, 1.165) is 32.1 Å². The fourth-order valence-corrected chi connectivity index (χ4v) is 4.97. The van der Waals surface area contributed by atoms with Crippen LogP contribution in [-0.4, -0.2) is 34.0 Å². The van der Waals surface area contributed by atoms with Crippen LogP contribution in [0, 0.1) is 11.1 Å². The molecule has 2 fully saturated rings. The molecule has 4 atom stereocenters. The van der Waals surface area contributed by atoms with Gasteiger partial charge in [-0.15, -0.1) is 0 Å². The third kappa shape index (κ3) is 1.59. The molecule has 0 radical (unpaired) electrons. The van der Waals surface area contributed by atoms with E-state index in [9.17, 15) is 15.4 Å². The Kier molecular flexibility index (Phi) is 2.65. The molecule has 1 heterocycles. The maximum absolute atomic E-state index is 12.2. The molecule has 0 spiro atoms. The second-order valence-electron chi connectivity index (χ2n) is 6.70. The summed E-state index contributed by atoms with van der Waals surface area (Å²) in [5.41, 5.74) is 2.26. The van der Waals surface area contributed by atoms with E-state index in [2.05, 4.69) is 0 Å². The molecule has 3 aliphatic rings. The van der Waals surface area contributed by atoms with Crippen LogP contribution < -0.4 is 0 Å². The molecule has 1 saturated carbocycles. The number of hydrogen-bond acceptors (Lipinski definition) is 4. The van der Waals surface area contributed by atoms with Gasteiger partial charge in [-0.3, -0.25) is 0 Å². The maximum atomic E-state index is 12.2. The Labute approximate surface area is 118 Å². The smallest absolute Gasteiger partial charge is 0.115 e. The predicted molar refractivity (Wildman–Crippen MR) is 75.3 cm³/mol. The number of benzene rings is 1. The zero-order valence-corrected chi connectivity index (χ0v) is 11.5. The van der Waals surface area contributed by atoms with Gasteiger partial charge < -0.3 is 20.5 Å². The molecule has 1 aromatic carbocycles.